The standard InChI is InChI=1S/C16H25N3/c1-13(2)8-6-7-11-17-12-16-18-14-9-4-5-10-15(14)19(16)3/h4-5,9-10,13,17H,6-8,11-12H2,1-3H3. The fraction of sp³-hybridized carbons (Fsp3) is 0.562. The van der Waals surface area contributed by atoms with Crippen LogP contribution in [-0.2, 0) is 13.6 Å². The van der Waals surface area contributed by atoms with Gasteiger partial charge in [0.1, 0.15) is 5.82 Å². The van der Waals surface area contributed by atoms with E-state index in [0.717, 1.165) is 30.3 Å². The molecule has 0 unspecified atom stereocenters. The number of unbranched alkanes of at least 4 members (excludes halogenated alkanes) is 1. The summed E-state index contributed by atoms with van der Waals surface area (Å²) in [5.74, 6) is 1.94. The van der Waals surface area contributed by atoms with Crippen molar-refractivity contribution < 1.29 is 0 Å². The molecule has 2 rings (SSSR count). The average Bonchev–Trinajstić information content (AvgIpc) is 2.71. The normalized spacial score (nSPS) is 11.6. The Kier molecular flexibility index (Phi) is 4.97. The summed E-state index contributed by atoms with van der Waals surface area (Å²) < 4.78 is 2.18. The Hall–Kier alpha value is -1.35. The van der Waals surface area contributed by atoms with Gasteiger partial charge >= 0.3 is 0 Å². The zero-order valence-electron chi connectivity index (χ0n) is 12.3. The van der Waals surface area contributed by atoms with E-state index in [1.165, 1.54) is 24.8 Å². The Morgan fingerprint density at radius 3 is 2.74 bits per heavy atom. The molecular formula is C16H25N3. The summed E-state index contributed by atoms with van der Waals surface area (Å²) in [5.41, 5.74) is 2.29. The zero-order chi connectivity index (χ0) is 13.7. The Bertz CT molecular complexity index is 514. The Morgan fingerprint density at radius 2 is 2.00 bits per heavy atom. The first kappa shape index (κ1) is 14.1. The molecule has 0 aliphatic rings. The smallest absolute Gasteiger partial charge is 0.123 e. The molecule has 3 heteroatoms. The minimum absolute atomic E-state index is 0.819. The van der Waals surface area contributed by atoms with Gasteiger partial charge in [0.2, 0.25) is 0 Å². The number of benzene rings is 1. The number of para-hydroxylation sites is 2. The topological polar surface area (TPSA) is 29.9 Å². The first-order valence-electron chi connectivity index (χ1n) is 7.29. The molecule has 0 saturated carbocycles. The van der Waals surface area contributed by atoms with Gasteiger partial charge in [-0.3, -0.25) is 0 Å². The first-order chi connectivity index (χ1) is 9.18. The summed E-state index contributed by atoms with van der Waals surface area (Å²) in [6, 6.07) is 8.29. The molecule has 0 saturated heterocycles. The summed E-state index contributed by atoms with van der Waals surface area (Å²) in [5, 5.41) is 3.49. The molecule has 2 aromatic rings. The largest absolute Gasteiger partial charge is 0.330 e. The van der Waals surface area contributed by atoms with E-state index in [9.17, 15) is 0 Å². The predicted octanol–water partition coefficient (Wildman–Crippen LogP) is 3.49. The lowest BCUT2D eigenvalue weighted by Crippen LogP contribution is -2.17. The van der Waals surface area contributed by atoms with Gasteiger partial charge in [0, 0.05) is 7.05 Å². The van der Waals surface area contributed by atoms with Crippen molar-refractivity contribution in [3.63, 3.8) is 0 Å². The van der Waals surface area contributed by atoms with Gasteiger partial charge < -0.3 is 9.88 Å². The van der Waals surface area contributed by atoms with E-state index < -0.39 is 0 Å². The lowest BCUT2D eigenvalue weighted by molar-refractivity contribution is 0.516. The number of aromatic nitrogens is 2. The third-order valence-corrected chi connectivity index (χ3v) is 3.55. The molecule has 3 nitrogen and oxygen atoms in total. The molecule has 0 aliphatic heterocycles. The molecule has 0 spiro atoms. The van der Waals surface area contributed by atoms with Crippen LogP contribution in [-0.4, -0.2) is 16.1 Å². The molecule has 104 valence electrons. The van der Waals surface area contributed by atoms with Gasteiger partial charge in [-0.25, -0.2) is 4.98 Å². The summed E-state index contributed by atoms with van der Waals surface area (Å²) >= 11 is 0. The van der Waals surface area contributed by atoms with Crippen LogP contribution in [0.25, 0.3) is 11.0 Å². The highest BCUT2D eigenvalue weighted by Crippen LogP contribution is 2.13. The molecule has 1 heterocycles. The van der Waals surface area contributed by atoms with Gasteiger partial charge in [0.25, 0.3) is 0 Å². The third kappa shape index (κ3) is 3.80. The van der Waals surface area contributed by atoms with E-state index in [1.54, 1.807) is 0 Å². The minimum Gasteiger partial charge on any atom is -0.330 e. The fourth-order valence-corrected chi connectivity index (χ4v) is 2.36. The second kappa shape index (κ2) is 6.71. The van der Waals surface area contributed by atoms with Crippen LogP contribution in [0, 0.1) is 5.92 Å². The highest BCUT2D eigenvalue weighted by Gasteiger charge is 2.05. The van der Waals surface area contributed by atoms with E-state index in [2.05, 4.69) is 54.0 Å². The number of nitrogens with zero attached hydrogens (tertiary/aromatic N) is 2. The first-order valence-corrected chi connectivity index (χ1v) is 7.29. The van der Waals surface area contributed by atoms with Crippen LogP contribution in [0.1, 0.15) is 38.9 Å². The lowest BCUT2D eigenvalue weighted by Gasteiger charge is -2.06. The molecule has 19 heavy (non-hydrogen) atoms. The van der Waals surface area contributed by atoms with E-state index in [4.69, 9.17) is 0 Å². The van der Waals surface area contributed by atoms with Gasteiger partial charge in [-0.1, -0.05) is 38.8 Å². The van der Waals surface area contributed by atoms with Crippen LogP contribution in [0.5, 0.6) is 0 Å². The molecule has 1 aromatic heterocycles. The van der Waals surface area contributed by atoms with Gasteiger partial charge in [-0.15, -0.1) is 0 Å². The number of hydrogen-bond donors (Lipinski definition) is 1. The van der Waals surface area contributed by atoms with E-state index >= 15 is 0 Å². The van der Waals surface area contributed by atoms with Crippen molar-refractivity contribution in [2.75, 3.05) is 6.54 Å². The number of imidazole rings is 1. The van der Waals surface area contributed by atoms with Crippen molar-refractivity contribution in [2.45, 2.75) is 39.7 Å². The van der Waals surface area contributed by atoms with Crippen LogP contribution in [0.15, 0.2) is 24.3 Å². The maximum Gasteiger partial charge on any atom is 0.123 e. The van der Waals surface area contributed by atoms with E-state index in [-0.39, 0.29) is 0 Å². The van der Waals surface area contributed by atoms with Crippen molar-refractivity contribution in [1.29, 1.82) is 0 Å². The van der Waals surface area contributed by atoms with Gasteiger partial charge in [0.15, 0.2) is 0 Å². The molecule has 0 bridgehead atoms. The molecule has 1 N–H and O–H groups in total. The number of hydrogen-bond acceptors (Lipinski definition) is 2. The predicted molar refractivity (Wildman–Crippen MR) is 81.1 cm³/mol. The minimum atomic E-state index is 0.819. The fourth-order valence-electron chi connectivity index (χ4n) is 2.36. The van der Waals surface area contributed by atoms with Crippen LogP contribution >= 0.6 is 0 Å². The lowest BCUT2D eigenvalue weighted by atomic mass is 10.1. The number of nitrogens with one attached hydrogen (secondary N) is 1. The highest BCUT2D eigenvalue weighted by molar-refractivity contribution is 5.75. The SMILES string of the molecule is CC(C)CCCCNCc1nc2ccccc2n1C. The monoisotopic (exact) mass is 259 g/mol. The van der Waals surface area contributed by atoms with Crippen molar-refractivity contribution in [3.05, 3.63) is 30.1 Å². The van der Waals surface area contributed by atoms with Crippen molar-refractivity contribution in [2.24, 2.45) is 13.0 Å². The van der Waals surface area contributed by atoms with E-state index in [1.807, 2.05) is 6.07 Å². The number of aryl methyl sites for hydroxylation is 1. The Morgan fingerprint density at radius 1 is 1.21 bits per heavy atom. The molecule has 0 atom stereocenters. The molecule has 1 aromatic carbocycles. The molecule has 0 fully saturated rings. The van der Waals surface area contributed by atoms with E-state index in [0.29, 0.717) is 0 Å². The van der Waals surface area contributed by atoms with Crippen molar-refractivity contribution in [3.8, 4) is 0 Å². The molecule has 0 aliphatic carbocycles. The summed E-state index contributed by atoms with van der Waals surface area (Å²) in [6.07, 6.45) is 3.89. The number of fused-ring (bicyclic) bond motifs is 1. The van der Waals surface area contributed by atoms with Crippen LogP contribution < -0.4 is 5.32 Å². The Labute approximate surface area is 116 Å². The molecule has 0 radical (unpaired) electrons. The van der Waals surface area contributed by atoms with Crippen LogP contribution in [0.4, 0.5) is 0 Å². The molecular weight excluding hydrogens is 234 g/mol. The maximum atomic E-state index is 4.66. The van der Waals surface area contributed by atoms with Crippen molar-refractivity contribution >= 4 is 11.0 Å². The van der Waals surface area contributed by atoms with Gasteiger partial charge in [0.05, 0.1) is 17.6 Å². The second-order valence-corrected chi connectivity index (χ2v) is 5.64. The van der Waals surface area contributed by atoms with Gasteiger partial charge in [-0.2, -0.15) is 0 Å². The maximum absolute atomic E-state index is 4.66. The van der Waals surface area contributed by atoms with Crippen LogP contribution in [0.2, 0.25) is 0 Å². The van der Waals surface area contributed by atoms with Crippen molar-refractivity contribution in [1.82, 2.24) is 14.9 Å². The second-order valence-electron chi connectivity index (χ2n) is 5.64. The zero-order valence-corrected chi connectivity index (χ0v) is 12.3. The molecule has 0 amide bonds. The summed E-state index contributed by atoms with van der Waals surface area (Å²) in [6.45, 7) is 6.50. The Balaban J connectivity index is 1.80. The summed E-state index contributed by atoms with van der Waals surface area (Å²) in [7, 11) is 2.09. The van der Waals surface area contributed by atoms with Gasteiger partial charge in [-0.05, 0) is 31.0 Å². The number of rotatable bonds is 7. The quantitative estimate of drug-likeness (QED) is 0.771. The van der Waals surface area contributed by atoms with Crippen LogP contribution in [0.3, 0.4) is 0 Å². The third-order valence-electron chi connectivity index (χ3n) is 3.55. The summed E-state index contributed by atoms with van der Waals surface area (Å²) in [4.78, 5) is 4.66. The average molecular weight is 259 g/mol. The highest BCUT2D eigenvalue weighted by atomic mass is 15.1.